The van der Waals surface area contributed by atoms with Crippen LogP contribution in [0.15, 0.2) is 108 Å². The summed E-state index contributed by atoms with van der Waals surface area (Å²) in [5, 5.41) is 13.0. The minimum absolute atomic E-state index is 0.0127. The fraction of sp³-hybridized carbons (Fsp3) is 0.176. The number of hydrogen-bond donors (Lipinski definition) is 1. The van der Waals surface area contributed by atoms with Crippen molar-refractivity contribution in [3.05, 3.63) is 131 Å². The molecule has 0 bridgehead atoms. The van der Waals surface area contributed by atoms with Crippen LogP contribution in [0.25, 0.3) is 22.1 Å². The van der Waals surface area contributed by atoms with Crippen LogP contribution in [-0.4, -0.2) is 31.4 Å². The lowest BCUT2D eigenvalue weighted by Gasteiger charge is -2.19. The number of carbonyl (C=O) groups excluding carboxylic acids is 1. The number of benzene rings is 4. The highest BCUT2D eigenvalue weighted by molar-refractivity contribution is 7.99. The molecule has 0 aliphatic carbocycles. The average Bonchev–Trinajstić information content (AvgIpc) is 3.32. The number of rotatable bonds is 11. The second-order valence-corrected chi connectivity index (χ2v) is 11.4. The second-order valence-electron chi connectivity index (χ2n) is 10.3. The Morgan fingerprint density at radius 1 is 0.837 bits per heavy atom. The van der Waals surface area contributed by atoms with Gasteiger partial charge in [0, 0.05) is 24.1 Å². The van der Waals surface area contributed by atoms with E-state index in [-0.39, 0.29) is 23.6 Å². The Morgan fingerprint density at radius 3 is 2.33 bits per heavy atom. The molecule has 216 valence electrons. The highest BCUT2D eigenvalue weighted by Gasteiger charge is 2.18. The Morgan fingerprint density at radius 2 is 1.56 bits per heavy atom. The maximum absolute atomic E-state index is 14.1. The molecule has 0 aliphatic rings. The first-order chi connectivity index (χ1) is 21.0. The number of nitrogens with one attached hydrogen (secondary N) is 1. The molecule has 2 heterocycles. The van der Waals surface area contributed by atoms with Crippen molar-refractivity contribution in [3.8, 4) is 0 Å². The van der Waals surface area contributed by atoms with Gasteiger partial charge in [-0.25, -0.2) is 13.8 Å². The van der Waals surface area contributed by atoms with Crippen molar-refractivity contribution in [2.45, 2.75) is 37.0 Å². The first kappa shape index (κ1) is 28.5. The van der Waals surface area contributed by atoms with Gasteiger partial charge in [0.15, 0.2) is 5.65 Å². The van der Waals surface area contributed by atoms with Gasteiger partial charge in [-0.1, -0.05) is 84.6 Å². The summed E-state index contributed by atoms with van der Waals surface area (Å²) >= 11 is 1.42. The summed E-state index contributed by atoms with van der Waals surface area (Å²) in [6, 6.07) is 30.8. The van der Waals surface area contributed by atoms with Crippen LogP contribution in [-0.2, 0) is 17.8 Å². The third-order valence-electron chi connectivity index (χ3n) is 7.26. The molecule has 6 rings (SSSR count). The summed E-state index contributed by atoms with van der Waals surface area (Å²) in [5.74, 6) is -0.0649. The normalized spacial score (nSPS) is 12.0. The van der Waals surface area contributed by atoms with Crippen LogP contribution in [0.3, 0.4) is 0 Å². The Balaban J connectivity index is 1.13. The monoisotopic (exact) mass is 593 g/mol. The van der Waals surface area contributed by atoms with E-state index in [4.69, 9.17) is 4.98 Å². The third-order valence-corrected chi connectivity index (χ3v) is 8.19. The second kappa shape index (κ2) is 13.1. The Bertz CT molecular complexity index is 1850. The van der Waals surface area contributed by atoms with Gasteiger partial charge < -0.3 is 9.88 Å². The molecule has 0 radical (unpaired) electrons. The highest BCUT2D eigenvalue weighted by atomic mass is 32.2. The Kier molecular flexibility index (Phi) is 8.70. The lowest BCUT2D eigenvalue weighted by molar-refractivity contribution is -0.121. The fourth-order valence-electron chi connectivity index (χ4n) is 5.16. The van der Waals surface area contributed by atoms with E-state index in [1.807, 2.05) is 53.1 Å². The Labute approximate surface area is 252 Å². The van der Waals surface area contributed by atoms with Gasteiger partial charge >= 0.3 is 0 Å². The van der Waals surface area contributed by atoms with Gasteiger partial charge in [0.1, 0.15) is 17.2 Å². The standard InChI is InChI=1S/C34H29F2N5OS/c35-26-15-13-24(14-16-26)22-41-30-18-17-27(36)21-28(30)32-33(41)38-34(40-39-32)43-19-7-12-31(42)37-29(25-10-5-2-6-11-25)20-23-8-3-1-4-9-23/h1-6,8-11,13-18,21,29H,7,12,19-20,22H2,(H,37,42). The van der Waals surface area contributed by atoms with Crippen LogP contribution in [0.2, 0.25) is 0 Å². The zero-order chi connectivity index (χ0) is 29.6. The van der Waals surface area contributed by atoms with Crippen LogP contribution in [0.5, 0.6) is 0 Å². The van der Waals surface area contributed by atoms with E-state index in [1.165, 1.54) is 36.0 Å². The maximum atomic E-state index is 14.1. The van der Waals surface area contributed by atoms with Crippen molar-refractivity contribution in [3.63, 3.8) is 0 Å². The molecular weight excluding hydrogens is 564 g/mol. The van der Waals surface area contributed by atoms with Crippen LogP contribution < -0.4 is 5.32 Å². The van der Waals surface area contributed by atoms with Crippen molar-refractivity contribution in [2.75, 3.05) is 5.75 Å². The van der Waals surface area contributed by atoms with Crippen molar-refractivity contribution in [1.29, 1.82) is 0 Å². The smallest absolute Gasteiger partial charge is 0.220 e. The average molecular weight is 594 g/mol. The van der Waals surface area contributed by atoms with Crippen LogP contribution in [0.1, 0.15) is 35.6 Å². The van der Waals surface area contributed by atoms with Crippen molar-refractivity contribution in [2.24, 2.45) is 0 Å². The molecule has 0 spiro atoms. The molecule has 1 atom stereocenters. The summed E-state index contributed by atoms with van der Waals surface area (Å²) in [6.45, 7) is 0.417. The lowest BCUT2D eigenvalue weighted by Crippen LogP contribution is -2.29. The van der Waals surface area contributed by atoms with Gasteiger partial charge in [-0.3, -0.25) is 4.79 Å². The summed E-state index contributed by atoms with van der Waals surface area (Å²) in [7, 11) is 0. The number of amides is 1. The number of halogens is 2. The molecule has 4 aromatic carbocycles. The quantitative estimate of drug-likeness (QED) is 0.126. The summed E-state index contributed by atoms with van der Waals surface area (Å²) in [5.41, 5.74) is 4.95. The molecule has 0 saturated heterocycles. The van der Waals surface area contributed by atoms with E-state index in [0.717, 1.165) is 22.2 Å². The number of carbonyl (C=O) groups is 1. The molecule has 43 heavy (non-hydrogen) atoms. The zero-order valence-electron chi connectivity index (χ0n) is 23.3. The predicted octanol–water partition coefficient (Wildman–Crippen LogP) is 7.28. The molecule has 0 saturated carbocycles. The van der Waals surface area contributed by atoms with Gasteiger partial charge in [-0.2, -0.15) is 0 Å². The fourth-order valence-corrected chi connectivity index (χ4v) is 5.88. The Hall–Kier alpha value is -4.63. The predicted molar refractivity (Wildman–Crippen MR) is 166 cm³/mol. The molecule has 6 nitrogen and oxygen atoms in total. The third kappa shape index (κ3) is 6.89. The van der Waals surface area contributed by atoms with Crippen LogP contribution >= 0.6 is 11.8 Å². The molecule has 2 aromatic heterocycles. The van der Waals surface area contributed by atoms with Gasteiger partial charge in [-0.15, -0.1) is 10.2 Å². The van der Waals surface area contributed by atoms with Crippen molar-refractivity contribution in [1.82, 2.24) is 25.1 Å². The molecule has 1 N–H and O–H groups in total. The zero-order valence-corrected chi connectivity index (χ0v) is 24.1. The number of nitrogens with zero attached hydrogens (tertiary/aromatic N) is 4. The summed E-state index contributed by atoms with van der Waals surface area (Å²) in [6.07, 6.45) is 1.71. The summed E-state index contributed by atoms with van der Waals surface area (Å²) < 4.78 is 29.6. The van der Waals surface area contributed by atoms with E-state index < -0.39 is 0 Å². The molecule has 0 fully saturated rings. The van der Waals surface area contributed by atoms with E-state index in [0.29, 0.717) is 53.3 Å². The molecule has 6 aromatic rings. The number of thioether (sulfide) groups is 1. The topological polar surface area (TPSA) is 72.7 Å². The van der Waals surface area contributed by atoms with Gasteiger partial charge in [-0.05, 0) is 59.9 Å². The van der Waals surface area contributed by atoms with Gasteiger partial charge in [0.2, 0.25) is 11.1 Å². The highest BCUT2D eigenvalue weighted by Crippen LogP contribution is 2.29. The SMILES string of the molecule is O=C(CCCSc1nnc2c3cc(F)ccc3n(Cc3ccc(F)cc3)c2n1)NC(Cc1ccccc1)c1ccccc1. The van der Waals surface area contributed by atoms with E-state index in [2.05, 4.69) is 27.6 Å². The summed E-state index contributed by atoms with van der Waals surface area (Å²) in [4.78, 5) is 17.7. The van der Waals surface area contributed by atoms with Crippen LogP contribution in [0, 0.1) is 11.6 Å². The maximum Gasteiger partial charge on any atom is 0.220 e. The number of fused-ring (bicyclic) bond motifs is 3. The lowest BCUT2D eigenvalue weighted by atomic mass is 9.98. The van der Waals surface area contributed by atoms with Gasteiger partial charge in [0.25, 0.3) is 0 Å². The molecule has 1 unspecified atom stereocenters. The van der Waals surface area contributed by atoms with Crippen molar-refractivity contribution < 1.29 is 13.6 Å². The molecular formula is C34H29F2N5OS. The van der Waals surface area contributed by atoms with Crippen molar-refractivity contribution >= 4 is 39.7 Å². The molecule has 9 heteroatoms. The molecule has 0 aliphatic heterocycles. The largest absolute Gasteiger partial charge is 0.349 e. The van der Waals surface area contributed by atoms with Gasteiger partial charge in [0.05, 0.1) is 11.6 Å². The van der Waals surface area contributed by atoms with E-state index >= 15 is 0 Å². The minimum Gasteiger partial charge on any atom is -0.349 e. The number of aromatic nitrogens is 4. The van der Waals surface area contributed by atoms with Crippen LogP contribution in [0.4, 0.5) is 8.78 Å². The molecule has 1 amide bonds. The minimum atomic E-state index is -0.370. The first-order valence-corrected chi connectivity index (χ1v) is 15.1. The first-order valence-electron chi connectivity index (χ1n) is 14.1. The van der Waals surface area contributed by atoms with E-state index in [1.54, 1.807) is 18.2 Å². The number of hydrogen-bond acceptors (Lipinski definition) is 5. The van der Waals surface area contributed by atoms with E-state index in [9.17, 15) is 13.6 Å².